The molecule has 0 saturated heterocycles. The molecule has 38 heavy (non-hydrogen) atoms. The van der Waals surface area contributed by atoms with Crippen LogP contribution in [0.25, 0.3) is 0 Å². The van der Waals surface area contributed by atoms with E-state index in [1.807, 2.05) is 32.9 Å². The monoisotopic (exact) mass is 538 g/mol. The molecular formula is C29H35ClN4O4. The third-order valence-electron chi connectivity index (χ3n) is 5.39. The minimum absolute atomic E-state index is 0.270. The molecule has 1 aromatic heterocycles. The Hall–Kier alpha value is -3.78. The summed E-state index contributed by atoms with van der Waals surface area (Å²) in [5, 5.41) is 9.43. The van der Waals surface area contributed by atoms with Gasteiger partial charge in [0.25, 0.3) is 5.91 Å². The lowest BCUT2D eigenvalue weighted by Crippen LogP contribution is -2.34. The van der Waals surface area contributed by atoms with E-state index in [1.165, 1.54) is 0 Å². The molecule has 3 N–H and O–H groups in total. The summed E-state index contributed by atoms with van der Waals surface area (Å²) in [7, 11) is 0. The molecule has 0 saturated carbocycles. The lowest BCUT2D eigenvalue weighted by Gasteiger charge is -2.20. The van der Waals surface area contributed by atoms with Gasteiger partial charge in [0.05, 0.1) is 12.1 Å². The summed E-state index contributed by atoms with van der Waals surface area (Å²) in [6, 6.07) is 16.4. The average molecular weight is 539 g/mol. The maximum Gasteiger partial charge on any atom is 0.407 e. The van der Waals surface area contributed by atoms with Crippen LogP contribution in [0.1, 0.15) is 62.0 Å². The van der Waals surface area contributed by atoms with Crippen molar-refractivity contribution in [3.05, 3.63) is 82.5 Å². The van der Waals surface area contributed by atoms with Gasteiger partial charge in [-0.2, -0.15) is 0 Å². The molecule has 3 rings (SSSR count). The first-order valence-electron chi connectivity index (χ1n) is 12.5. The molecule has 2 aromatic carbocycles. The molecule has 0 radical (unpaired) electrons. The third kappa shape index (κ3) is 8.95. The van der Waals surface area contributed by atoms with Crippen LogP contribution in [-0.4, -0.2) is 35.7 Å². The zero-order valence-corrected chi connectivity index (χ0v) is 23.2. The number of aromatic nitrogens is 1. The molecule has 3 aromatic rings. The number of pyridine rings is 1. The van der Waals surface area contributed by atoms with E-state index in [1.54, 1.807) is 42.6 Å². The van der Waals surface area contributed by atoms with E-state index in [4.69, 9.17) is 21.1 Å². The molecule has 0 aliphatic carbocycles. The molecule has 0 aliphatic heterocycles. The van der Waals surface area contributed by atoms with Crippen molar-refractivity contribution < 1.29 is 19.1 Å². The quantitative estimate of drug-likeness (QED) is 0.250. The molecule has 2 amide bonds. The van der Waals surface area contributed by atoms with Crippen LogP contribution in [0.15, 0.2) is 60.8 Å². The van der Waals surface area contributed by atoms with Crippen molar-refractivity contribution in [2.24, 2.45) is 0 Å². The van der Waals surface area contributed by atoms with E-state index in [0.29, 0.717) is 46.8 Å². The number of carbonyl (C=O) groups is 2. The van der Waals surface area contributed by atoms with Gasteiger partial charge >= 0.3 is 6.09 Å². The minimum Gasteiger partial charge on any atom is -0.491 e. The molecule has 0 atom stereocenters. The van der Waals surface area contributed by atoms with Crippen LogP contribution >= 0.6 is 11.6 Å². The van der Waals surface area contributed by atoms with E-state index in [0.717, 1.165) is 11.1 Å². The first-order chi connectivity index (χ1) is 18.0. The Morgan fingerprint density at radius 2 is 1.79 bits per heavy atom. The van der Waals surface area contributed by atoms with Gasteiger partial charge in [-0.3, -0.25) is 4.79 Å². The van der Waals surface area contributed by atoms with Crippen molar-refractivity contribution >= 4 is 35.1 Å². The molecule has 8 nitrogen and oxygen atoms in total. The second-order valence-corrected chi connectivity index (χ2v) is 10.4. The van der Waals surface area contributed by atoms with Crippen LogP contribution < -0.4 is 20.7 Å². The summed E-state index contributed by atoms with van der Waals surface area (Å²) in [5.41, 5.74) is 2.50. The van der Waals surface area contributed by atoms with Gasteiger partial charge in [0, 0.05) is 29.0 Å². The Morgan fingerprint density at radius 3 is 2.47 bits per heavy atom. The van der Waals surface area contributed by atoms with Crippen LogP contribution in [0.5, 0.6) is 5.75 Å². The van der Waals surface area contributed by atoms with Crippen LogP contribution in [0, 0.1) is 0 Å². The standard InChI is InChI=1S/C29H35ClN4O4/c1-19(2)20-8-9-21(25(17-20)37-16-15-32-28(36)38-29(3,4)5)18-33-26-24(7-6-14-31-26)27(35)34-23-12-10-22(30)11-13-23/h6-14,17,19H,15-16,18H2,1-5H3,(H,31,33)(H,32,36)(H,34,35). The van der Waals surface area contributed by atoms with E-state index in [2.05, 4.69) is 40.8 Å². The Bertz CT molecular complexity index is 1240. The fourth-order valence-electron chi connectivity index (χ4n) is 3.48. The highest BCUT2D eigenvalue weighted by Gasteiger charge is 2.16. The molecule has 1 heterocycles. The van der Waals surface area contributed by atoms with Gasteiger partial charge in [-0.1, -0.05) is 37.6 Å². The maximum atomic E-state index is 12.9. The van der Waals surface area contributed by atoms with E-state index in [9.17, 15) is 9.59 Å². The molecule has 0 fully saturated rings. The van der Waals surface area contributed by atoms with E-state index < -0.39 is 11.7 Å². The van der Waals surface area contributed by atoms with Crippen molar-refractivity contribution in [1.29, 1.82) is 0 Å². The molecular weight excluding hydrogens is 504 g/mol. The summed E-state index contributed by atoms with van der Waals surface area (Å²) in [4.78, 5) is 29.2. The highest BCUT2D eigenvalue weighted by molar-refractivity contribution is 6.30. The fraction of sp³-hybridized carbons (Fsp3) is 0.345. The molecule has 202 valence electrons. The topological polar surface area (TPSA) is 102 Å². The summed E-state index contributed by atoms with van der Waals surface area (Å²) >= 11 is 5.94. The Morgan fingerprint density at radius 1 is 1.05 bits per heavy atom. The largest absolute Gasteiger partial charge is 0.491 e. The summed E-state index contributed by atoms with van der Waals surface area (Å²) in [5.74, 6) is 1.17. The summed E-state index contributed by atoms with van der Waals surface area (Å²) < 4.78 is 11.3. The third-order valence-corrected chi connectivity index (χ3v) is 5.64. The maximum absolute atomic E-state index is 12.9. The lowest BCUT2D eigenvalue weighted by atomic mass is 10.0. The fourth-order valence-corrected chi connectivity index (χ4v) is 3.60. The highest BCUT2D eigenvalue weighted by atomic mass is 35.5. The Labute approximate surface area is 229 Å². The van der Waals surface area contributed by atoms with Gasteiger partial charge in [-0.05, 0) is 74.7 Å². The first kappa shape index (κ1) is 28.8. The smallest absolute Gasteiger partial charge is 0.407 e. The van der Waals surface area contributed by atoms with Crippen molar-refractivity contribution in [2.75, 3.05) is 23.8 Å². The normalized spacial score (nSPS) is 11.1. The van der Waals surface area contributed by atoms with Crippen molar-refractivity contribution in [2.45, 2.75) is 52.7 Å². The molecule has 0 aliphatic rings. The zero-order chi connectivity index (χ0) is 27.7. The van der Waals surface area contributed by atoms with Gasteiger partial charge in [-0.25, -0.2) is 9.78 Å². The molecule has 0 bridgehead atoms. The second-order valence-electron chi connectivity index (χ2n) is 10.0. The van der Waals surface area contributed by atoms with Crippen LogP contribution in [-0.2, 0) is 11.3 Å². The van der Waals surface area contributed by atoms with Crippen molar-refractivity contribution in [3.8, 4) is 5.75 Å². The number of nitrogens with one attached hydrogen (secondary N) is 3. The first-order valence-corrected chi connectivity index (χ1v) is 12.9. The van der Waals surface area contributed by atoms with Gasteiger partial charge in [-0.15, -0.1) is 0 Å². The predicted molar refractivity (Wildman–Crippen MR) is 151 cm³/mol. The highest BCUT2D eigenvalue weighted by Crippen LogP contribution is 2.26. The number of benzene rings is 2. The van der Waals surface area contributed by atoms with E-state index >= 15 is 0 Å². The summed E-state index contributed by atoms with van der Waals surface area (Å²) in [6.07, 6.45) is 1.14. The van der Waals surface area contributed by atoms with Crippen LogP contribution in [0.4, 0.5) is 16.3 Å². The molecule has 0 unspecified atom stereocenters. The zero-order valence-electron chi connectivity index (χ0n) is 22.4. The van der Waals surface area contributed by atoms with E-state index in [-0.39, 0.29) is 12.5 Å². The minimum atomic E-state index is -0.564. The van der Waals surface area contributed by atoms with Gasteiger partial charge in [0.2, 0.25) is 0 Å². The number of nitrogens with zero attached hydrogens (tertiary/aromatic N) is 1. The number of anilines is 2. The van der Waals surface area contributed by atoms with Crippen molar-refractivity contribution in [1.82, 2.24) is 10.3 Å². The predicted octanol–water partition coefficient (Wildman–Crippen LogP) is 6.63. The van der Waals surface area contributed by atoms with Crippen LogP contribution in [0.2, 0.25) is 5.02 Å². The number of ether oxygens (including phenoxy) is 2. The Balaban J connectivity index is 1.68. The molecule has 0 spiro atoms. The number of amides is 2. The second kappa shape index (κ2) is 13.1. The lowest BCUT2D eigenvalue weighted by molar-refractivity contribution is 0.0520. The molecule has 9 heteroatoms. The summed E-state index contributed by atoms with van der Waals surface area (Å²) in [6.45, 7) is 10.6. The average Bonchev–Trinajstić information content (AvgIpc) is 2.86. The van der Waals surface area contributed by atoms with Crippen LogP contribution in [0.3, 0.4) is 0 Å². The SMILES string of the molecule is CC(C)c1ccc(CNc2ncccc2C(=O)Nc2ccc(Cl)cc2)c(OCCNC(=O)OC(C)(C)C)c1. The van der Waals surface area contributed by atoms with Gasteiger partial charge in [0.15, 0.2) is 0 Å². The van der Waals surface area contributed by atoms with Gasteiger partial charge in [0.1, 0.15) is 23.8 Å². The number of alkyl carbamates (subject to hydrolysis) is 1. The number of carbonyl (C=O) groups excluding carboxylic acids is 2. The number of rotatable bonds is 10. The van der Waals surface area contributed by atoms with Crippen molar-refractivity contribution in [3.63, 3.8) is 0 Å². The van der Waals surface area contributed by atoms with Gasteiger partial charge < -0.3 is 25.4 Å². The number of halogens is 1. The number of hydrogen-bond acceptors (Lipinski definition) is 6. The number of hydrogen-bond donors (Lipinski definition) is 3. The Kier molecular flexibility index (Phi) is 9.96.